The summed E-state index contributed by atoms with van der Waals surface area (Å²) in [4.78, 5) is 26.3. The number of fused-ring (bicyclic) bond motifs is 1. The molecule has 0 radical (unpaired) electrons. The van der Waals surface area contributed by atoms with Crippen LogP contribution < -0.4 is 10.6 Å². The lowest BCUT2D eigenvalue weighted by molar-refractivity contribution is -0.115. The number of carbonyl (C=O) groups excluding carboxylic acids is 2. The molecule has 4 rings (SSSR count). The van der Waals surface area contributed by atoms with E-state index in [4.69, 9.17) is 23.2 Å². The highest BCUT2D eigenvalue weighted by molar-refractivity contribution is 8.00. The number of amides is 2. The summed E-state index contributed by atoms with van der Waals surface area (Å²) in [5.41, 5.74) is 1.73. The average molecular weight is 495 g/mol. The molecular formula is C26H20Cl2N2O2S. The molecule has 0 fully saturated rings. The van der Waals surface area contributed by atoms with Crippen LogP contribution in [0.15, 0.2) is 89.8 Å². The van der Waals surface area contributed by atoms with Crippen LogP contribution in [-0.4, -0.2) is 17.1 Å². The quantitative estimate of drug-likeness (QED) is 0.272. The summed E-state index contributed by atoms with van der Waals surface area (Å²) in [5.74, 6) is -0.431. The number of benzene rings is 4. The van der Waals surface area contributed by atoms with Gasteiger partial charge in [-0.05, 0) is 54.8 Å². The van der Waals surface area contributed by atoms with Gasteiger partial charge in [-0.3, -0.25) is 9.59 Å². The molecule has 0 bridgehead atoms. The Balaban J connectivity index is 1.43. The van der Waals surface area contributed by atoms with Crippen molar-refractivity contribution in [2.45, 2.75) is 17.1 Å². The monoisotopic (exact) mass is 494 g/mol. The predicted octanol–water partition coefficient (Wildman–Crippen LogP) is 7.52. The molecule has 1 unspecified atom stereocenters. The molecule has 4 aromatic rings. The first kappa shape index (κ1) is 23.2. The molecule has 4 nitrogen and oxygen atoms in total. The van der Waals surface area contributed by atoms with Gasteiger partial charge >= 0.3 is 0 Å². The lowest BCUT2D eigenvalue weighted by Gasteiger charge is -2.14. The van der Waals surface area contributed by atoms with Crippen molar-refractivity contribution in [2.24, 2.45) is 0 Å². The second-order valence-corrected chi connectivity index (χ2v) is 9.64. The minimum Gasteiger partial charge on any atom is -0.325 e. The van der Waals surface area contributed by atoms with Crippen molar-refractivity contribution >= 4 is 68.9 Å². The van der Waals surface area contributed by atoms with Gasteiger partial charge in [-0.15, -0.1) is 11.8 Å². The van der Waals surface area contributed by atoms with E-state index in [1.807, 2.05) is 67.6 Å². The molecule has 0 aliphatic carbocycles. The number of rotatable bonds is 6. The van der Waals surface area contributed by atoms with Gasteiger partial charge in [0.1, 0.15) is 0 Å². The van der Waals surface area contributed by atoms with Crippen molar-refractivity contribution in [2.75, 3.05) is 10.6 Å². The third-order valence-corrected chi connectivity index (χ3v) is 6.64. The zero-order chi connectivity index (χ0) is 23.4. The summed E-state index contributed by atoms with van der Waals surface area (Å²) in [6, 6.07) is 25.8. The van der Waals surface area contributed by atoms with Crippen molar-refractivity contribution in [1.82, 2.24) is 0 Å². The summed E-state index contributed by atoms with van der Waals surface area (Å²) >= 11 is 13.5. The summed E-state index contributed by atoms with van der Waals surface area (Å²) < 4.78 is 0. The Morgan fingerprint density at radius 3 is 2.42 bits per heavy atom. The Morgan fingerprint density at radius 2 is 1.61 bits per heavy atom. The van der Waals surface area contributed by atoms with Crippen LogP contribution in [0.3, 0.4) is 0 Å². The minimum absolute atomic E-state index is 0.0984. The fourth-order valence-electron chi connectivity index (χ4n) is 3.35. The molecule has 0 heterocycles. The maximum Gasteiger partial charge on any atom is 0.257 e. The Bertz CT molecular complexity index is 1340. The van der Waals surface area contributed by atoms with Gasteiger partial charge in [0, 0.05) is 26.7 Å². The third-order valence-electron chi connectivity index (χ3n) is 5.00. The first-order valence-electron chi connectivity index (χ1n) is 10.2. The maximum atomic E-state index is 12.8. The molecule has 0 saturated heterocycles. The molecule has 1 atom stereocenters. The van der Waals surface area contributed by atoms with E-state index >= 15 is 0 Å². The van der Waals surface area contributed by atoms with Crippen LogP contribution >= 0.6 is 35.0 Å². The SMILES string of the molecule is CC(Sc1cccc(NC(=O)c2ccc(Cl)cc2Cl)c1)C(=O)Nc1cccc2ccccc12. The maximum absolute atomic E-state index is 12.8. The summed E-state index contributed by atoms with van der Waals surface area (Å²) in [6.45, 7) is 1.85. The molecule has 0 spiro atoms. The lowest BCUT2D eigenvalue weighted by Crippen LogP contribution is -2.22. The van der Waals surface area contributed by atoms with E-state index < -0.39 is 0 Å². The smallest absolute Gasteiger partial charge is 0.257 e. The number of anilines is 2. The first-order chi connectivity index (χ1) is 15.9. The van der Waals surface area contributed by atoms with E-state index in [1.165, 1.54) is 17.8 Å². The molecule has 4 aromatic carbocycles. The van der Waals surface area contributed by atoms with E-state index in [1.54, 1.807) is 18.2 Å². The minimum atomic E-state index is -0.347. The predicted molar refractivity (Wildman–Crippen MR) is 139 cm³/mol. The highest BCUT2D eigenvalue weighted by Gasteiger charge is 2.17. The van der Waals surface area contributed by atoms with Crippen LogP contribution in [0, 0.1) is 0 Å². The Hall–Kier alpha value is -2.99. The topological polar surface area (TPSA) is 58.2 Å². The molecule has 0 saturated carbocycles. The zero-order valence-corrected chi connectivity index (χ0v) is 20.0. The van der Waals surface area contributed by atoms with Crippen molar-refractivity contribution in [3.05, 3.63) is 101 Å². The molecule has 7 heteroatoms. The van der Waals surface area contributed by atoms with Gasteiger partial charge in [0.25, 0.3) is 5.91 Å². The molecular weight excluding hydrogens is 475 g/mol. The lowest BCUT2D eigenvalue weighted by atomic mass is 10.1. The average Bonchev–Trinajstić information content (AvgIpc) is 2.79. The summed E-state index contributed by atoms with van der Waals surface area (Å²) in [6.07, 6.45) is 0. The second-order valence-electron chi connectivity index (χ2n) is 7.38. The third kappa shape index (κ3) is 5.69. The molecule has 0 aliphatic rings. The van der Waals surface area contributed by atoms with Gasteiger partial charge < -0.3 is 10.6 Å². The fraction of sp³-hybridized carbons (Fsp3) is 0.0769. The van der Waals surface area contributed by atoms with Crippen LogP contribution in [0.4, 0.5) is 11.4 Å². The molecule has 166 valence electrons. The first-order valence-corrected chi connectivity index (χ1v) is 11.9. The van der Waals surface area contributed by atoms with Crippen molar-refractivity contribution in [3.8, 4) is 0 Å². The van der Waals surface area contributed by atoms with Crippen molar-refractivity contribution < 1.29 is 9.59 Å². The second kappa shape index (κ2) is 10.3. The van der Waals surface area contributed by atoms with Crippen molar-refractivity contribution in [3.63, 3.8) is 0 Å². The van der Waals surface area contributed by atoms with E-state index in [0.29, 0.717) is 16.3 Å². The molecule has 0 aromatic heterocycles. The number of hydrogen-bond donors (Lipinski definition) is 2. The van der Waals surface area contributed by atoms with Crippen LogP contribution in [0.25, 0.3) is 10.8 Å². The van der Waals surface area contributed by atoms with Crippen LogP contribution in [0.1, 0.15) is 17.3 Å². The van der Waals surface area contributed by atoms with Gasteiger partial charge in [0.2, 0.25) is 5.91 Å². The van der Waals surface area contributed by atoms with Crippen LogP contribution in [0.5, 0.6) is 0 Å². The van der Waals surface area contributed by atoms with Gasteiger partial charge in [-0.2, -0.15) is 0 Å². The molecule has 2 N–H and O–H groups in total. The standard InChI is InChI=1S/C26H20Cl2N2O2S/c1-16(25(31)30-24-11-4-7-17-6-2-3-10-21(17)24)33-20-9-5-8-19(15-20)29-26(32)22-13-12-18(27)14-23(22)28/h2-16H,1H3,(H,29,32)(H,30,31). The van der Waals surface area contributed by atoms with E-state index in [-0.39, 0.29) is 22.1 Å². The molecule has 0 aliphatic heterocycles. The Kier molecular flexibility index (Phi) is 7.23. The number of halogens is 2. The normalized spacial score (nSPS) is 11.7. The number of carbonyl (C=O) groups is 2. The number of hydrogen-bond acceptors (Lipinski definition) is 3. The van der Waals surface area contributed by atoms with Crippen LogP contribution in [0.2, 0.25) is 10.0 Å². The molecule has 33 heavy (non-hydrogen) atoms. The summed E-state index contributed by atoms with van der Waals surface area (Å²) in [5, 5.41) is 8.33. The van der Waals surface area contributed by atoms with E-state index in [9.17, 15) is 9.59 Å². The number of nitrogens with one attached hydrogen (secondary N) is 2. The van der Waals surface area contributed by atoms with E-state index in [2.05, 4.69) is 10.6 Å². The Morgan fingerprint density at radius 1 is 0.848 bits per heavy atom. The molecule has 2 amide bonds. The van der Waals surface area contributed by atoms with Crippen LogP contribution in [-0.2, 0) is 4.79 Å². The van der Waals surface area contributed by atoms with Gasteiger partial charge in [0.15, 0.2) is 0 Å². The Labute approximate surface area is 206 Å². The highest BCUT2D eigenvalue weighted by Crippen LogP contribution is 2.29. The van der Waals surface area contributed by atoms with Gasteiger partial charge in [-0.25, -0.2) is 0 Å². The van der Waals surface area contributed by atoms with E-state index in [0.717, 1.165) is 21.4 Å². The fourth-order valence-corrected chi connectivity index (χ4v) is 4.77. The van der Waals surface area contributed by atoms with Gasteiger partial charge in [-0.1, -0.05) is 65.7 Å². The zero-order valence-electron chi connectivity index (χ0n) is 17.6. The summed E-state index contributed by atoms with van der Waals surface area (Å²) in [7, 11) is 0. The van der Waals surface area contributed by atoms with Crippen molar-refractivity contribution in [1.29, 1.82) is 0 Å². The largest absolute Gasteiger partial charge is 0.325 e. The highest BCUT2D eigenvalue weighted by atomic mass is 35.5. The number of thioether (sulfide) groups is 1. The van der Waals surface area contributed by atoms with Gasteiger partial charge in [0.05, 0.1) is 15.8 Å².